The number of imidazole rings is 1. The Morgan fingerprint density at radius 3 is 2.84 bits per heavy atom. The van der Waals surface area contributed by atoms with Gasteiger partial charge in [-0.1, -0.05) is 6.58 Å². The van der Waals surface area contributed by atoms with Crippen molar-refractivity contribution in [1.29, 1.82) is 0 Å². The Morgan fingerprint density at radius 2 is 1.95 bits per heavy atom. The van der Waals surface area contributed by atoms with E-state index in [1.807, 2.05) is 42.5 Å². The lowest BCUT2D eigenvalue weighted by Crippen LogP contribution is -2.06. The number of hydrogen-bond donors (Lipinski definition) is 2. The summed E-state index contributed by atoms with van der Waals surface area (Å²) >= 11 is 0. The quantitative estimate of drug-likeness (QED) is 0.393. The van der Waals surface area contributed by atoms with Crippen molar-refractivity contribution in [3.05, 3.63) is 77.9 Å². The van der Waals surface area contributed by atoms with Crippen LogP contribution in [0.1, 0.15) is 28.3 Å². The van der Waals surface area contributed by atoms with Gasteiger partial charge in [-0.05, 0) is 30.0 Å². The maximum Gasteiger partial charge on any atom is 0.153 e. The van der Waals surface area contributed by atoms with Crippen LogP contribution in [0.2, 0.25) is 0 Å². The molecule has 0 saturated heterocycles. The predicted octanol–water partition coefficient (Wildman–Crippen LogP) is 3.74. The maximum absolute atomic E-state index is 6.38. The molecule has 10 heteroatoms. The third kappa shape index (κ3) is 3.44. The van der Waals surface area contributed by atoms with Crippen molar-refractivity contribution in [2.24, 2.45) is 0 Å². The first kappa shape index (κ1) is 21.5. The zero-order valence-corrected chi connectivity index (χ0v) is 20.7. The molecule has 10 nitrogen and oxygen atoms in total. The predicted molar refractivity (Wildman–Crippen MR) is 143 cm³/mol. The summed E-state index contributed by atoms with van der Waals surface area (Å²) in [6.45, 7) is 8.60. The first-order chi connectivity index (χ1) is 17.9. The van der Waals surface area contributed by atoms with Gasteiger partial charge in [0, 0.05) is 79.6 Å². The lowest BCUT2D eigenvalue weighted by Gasteiger charge is -2.12. The lowest BCUT2D eigenvalue weighted by molar-refractivity contribution is 0.500. The number of nitrogens with one attached hydrogen (secondary N) is 1. The average molecular weight is 491 g/mol. The highest BCUT2D eigenvalue weighted by molar-refractivity contribution is 5.95. The van der Waals surface area contributed by atoms with Crippen LogP contribution in [0.4, 0.5) is 17.5 Å². The minimum atomic E-state index is 0.442. The number of hydrogen-bond acceptors (Lipinski definition) is 8. The standard InChI is InChI=1S/C27H26N10/c1-15-19(11-31-26-16(2)35(3)13-21(15)26)22-8-17-9-23(30-12-20(17)27(28)32-22)33-24-10-18-4-6-36-7-5-29-25(36)14-37(18)34-24/h5,7-12H,2,4,6,13-14H2,1,3H3,(H2,28,32)(H,30,33,34). The Morgan fingerprint density at radius 1 is 1.05 bits per heavy atom. The summed E-state index contributed by atoms with van der Waals surface area (Å²) in [6.07, 6.45) is 8.38. The number of anilines is 3. The van der Waals surface area contributed by atoms with Gasteiger partial charge < -0.3 is 20.5 Å². The highest BCUT2D eigenvalue weighted by Gasteiger charge is 2.25. The molecule has 0 aromatic carbocycles. The number of pyridine rings is 3. The number of nitrogen functional groups attached to an aromatic ring is 1. The molecule has 5 aromatic rings. The molecule has 0 atom stereocenters. The Labute approximate surface area is 213 Å². The molecule has 37 heavy (non-hydrogen) atoms. The molecular weight excluding hydrogens is 464 g/mol. The summed E-state index contributed by atoms with van der Waals surface area (Å²) in [4.78, 5) is 20.5. The molecule has 0 fully saturated rings. The highest BCUT2D eigenvalue weighted by Crippen LogP contribution is 2.36. The minimum absolute atomic E-state index is 0.442. The molecule has 0 bridgehead atoms. The van der Waals surface area contributed by atoms with Crippen molar-refractivity contribution in [2.75, 3.05) is 18.1 Å². The molecule has 2 aliphatic rings. The molecule has 0 spiro atoms. The van der Waals surface area contributed by atoms with E-state index in [0.29, 0.717) is 18.2 Å². The highest BCUT2D eigenvalue weighted by atomic mass is 15.3. The fourth-order valence-electron chi connectivity index (χ4n) is 5.29. The molecule has 5 aromatic heterocycles. The molecule has 7 heterocycles. The van der Waals surface area contributed by atoms with Gasteiger partial charge in [0.15, 0.2) is 5.82 Å². The van der Waals surface area contributed by atoms with Crippen molar-refractivity contribution in [1.82, 2.24) is 39.2 Å². The van der Waals surface area contributed by atoms with E-state index in [-0.39, 0.29) is 0 Å². The van der Waals surface area contributed by atoms with E-state index in [0.717, 1.165) is 75.8 Å². The van der Waals surface area contributed by atoms with Crippen LogP contribution < -0.4 is 11.1 Å². The van der Waals surface area contributed by atoms with Crippen LogP contribution in [0.3, 0.4) is 0 Å². The van der Waals surface area contributed by atoms with Gasteiger partial charge in [-0.15, -0.1) is 0 Å². The molecule has 0 radical (unpaired) electrons. The Hall–Kier alpha value is -4.73. The molecule has 7 rings (SSSR count). The van der Waals surface area contributed by atoms with Crippen LogP contribution in [0.5, 0.6) is 0 Å². The first-order valence-electron chi connectivity index (χ1n) is 12.2. The van der Waals surface area contributed by atoms with Crippen LogP contribution in [0.25, 0.3) is 27.7 Å². The second-order valence-electron chi connectivity index (χ2n) is 9.70. The van der Waals surface area contributed by atoms with Gasteiger partial charge in [0.2, 0.25) is 0 Å². The van der Waals surface area contributed by atoms with Crippen molar-refractivity contribution >= 4 is 33.9 Å². The number of rotatable bonds is 3. The third-order valence-electron chi connectivity index (χ3n) is 7.44. The molecule has 3 N–H and O–H groups in total. The zero-order chi connectivity index (χ0) is 25.3. The van der Waals surface area contributed by atoms with Crippen molar-refractivity contribution in [3.63, 3.8) is 0 Å². The number of aromatic nitrogens is 7. The van der Waals surface area contributed by atoms with Gasteiger partial charge in [0.25, 0.3) is 0 Å². The van der Waals surface area contributed by atoms with E-state index < -0.39 is 0 Å². The summed E-state index contributed by atoms with van der Waals surface area (Å²) in [5.41, 5.74) is 13.5. The van der Waals surface area contributed by atoms with E-state index in [9.17, 15) is 0 Å². The normalized spacial score (nSPS) is 14.4. The van der Waals surface area contributed by atoms with Crippen molar-refractivity contribution in [3.8, 4) is 11.3 Å². The number of nitrogens with zero attached hydrogens (tertiary/aromatic N) is 8. The number of aryl methyl sites for hydroxylation is 2. The second kappa shape index (κ2) is 7.89. The fraction of sp³-hybridized carbons (Fsp3) is 0.222. The van der Waals surface area contributed by atoms with Gasteiger partial charge >= 0.3 is 0 Å². The van der Waals surface area contributed by atoms with Gasteiger partial charge in [-0.2, -0.15) is 5.10 Å². The molecule has 2 aliphatic heterocycles. The van der Waals surface area contributed by atoms with E-state index in [2.05, 4.69) is 44.3 Å². The second-order valence-corrected chi connectivity index (χ2v) is 9.70. The first-order valence-corrected chi connectivity index (χ1v) is 12.2. The summed E-state index contributed by atoms with van der Waals surface area (Å²) < 4.78 is 4.18. The monoisotopic (exact) mass is 490 g/mol. The van der Waals surface area contributed by atoms with Crippen LogP contribution in [0.15, 0.2) is 49.6 Å². The van der Waals surface area contributed by atoms with Gasteiger partial charge in [0.1, 0.15) is 17.5 Å². The molecule has 184 valence electrons. The van der Waals surface area contributed by atoms with E-state index in [4.69, 9.17) is 20.8 Å². The van der Waals surface area contributed by atoms with E-state index in [1.165, 1.54) is 5.56 Å². The number of nitrogens with two attached hydrogens (primary N) is 1. The largest absolute Gasteiger partial charge is 0.383 e. The van der Waals surface area contributed by atoms with Crippen molar-refractivity contribution < 1.29 is 0 Å². The average Bonchev–Trinajstić information content (AvgIpc) is 3.54. The molecular formula is C27H26N10. The van der Waals surface area contributed by atoms with Gasteiger partial charge in [0.05, 0.1) is 23.6 Å². The third-order valence-corrected chi connectivity index (χ3v) is 7.44. The fourth-order valence-corrected chi connectivity index (χ4v) is 5.29. The summed E-state index contributed by atoms with van der Waals surface area (Å²) in [7, 11) is 2.03. The Bertz CT molecular complexity index is 1730. The topological polar surface area (TPSA) is 116 Å². The summed E-state index contributed by atoms with van der Waals surface area (Å²) in [5, 5.41) is 9.88. The van der Waals surface area contributed by atoms with Crippen molar-refractivity contribution in [2.45, 2.75) is 33.0 Å². The molecule has 0 unspecified atom stereocenters. The van der Waals surface area contributed by atoms with Crippen LogP contribution in [-0.4, -0.2) is 46.2 Å². The zero-order valence-electron chi connectivity index (χ0n) is 20.7. The SMILES string of the molecule is C=C1c2ncc(-c3cc4cc(Nc5cc6n(n5)Cc5nccn5CC6)ncc4c(N)n3)c(C)c2CN1C. The Balaban J connectivity index is 1.22. The van der Waals surface area contributed by atoms with Gasteiger partial charge in [-0.3, -0.25) is 9.67 Å². The Kier molecular flexibility index (Phi) is 4.59. The maximum atomic E-state index is 6.38. The van der Waals surface area contributed by atoms with Gasteiger partial charge in [-0.25, -0.2) is 15.0 Å². The van der Waals surface area contributed by atoms with E-state index in [1.54, 1.807) is 6.20 Å². The van der Waals surface area contributed by atoms with Crippen LogP contribution in [-0.2, 0) is 26.1 Å². The number of fused-ring (bicyclic) bond motifs is 4. The summed E-state index contributed by atoms with van der Waals surface area (Å²) in [6, 6.07) is 6.11. The summed E-state index contributed by atoms with van der Waals surface area (Å²) in [5.74, 6) is 2.91. The van der Waals surface area contributed by atoms with Crippen LogP contribution >= 0.6 is 0 Å². The van der Waals surface area contributed by atoms with E-state index >= 15 is 0 Å². The molecule has 0 amide bonds. The van der Waals surface area contributed by atoms with Crippen LogP contribution in [0, 0.1) is 6.92 Å². The lowest BCUT2D eigenvalue weighted by atomic mass is 10.00. The molecule has 0 aliphatic carbocycles. The smallest absolute Gasteiger partial charge is 0.153 e. The molecule has 0 saturated carbocycles. The minimum Gasteiger partial charge on any atom is -0.383 e.